The molecular weight excluding hydrogens is 209 g/mol. The lowest BCUT2D eigenvalue weighted by atomic mass is 10.0. The molecule has 1 aromatic rings. The van der Waals surface area contributed by atoms with Crippen molar-refractivity contribution < 1.29 is 22.7 Å². The Labute approximate surface area is 84.7 Å². The first-order valence-corrected chi connectivity index (χ1v) is 4.18. The third-order valence-electron chi connectivity index (χ3n) is 1.95. The van der Waals surface area contributed by atoms with E-state index in [1.165, 1.54) is 19.9 Å². The smallest absolute Gasteiger partial charge is 0.387 e. The highest BCUT2D eigenvalue weighted by molar-refractivity contribution is 5.95. The summed E-state index contributed by atoms with van der Waals surface area (Å²) in [6, 6.07) is 2.28. The predicted octanol–water partition coefficient (Wildman–Crippen LogP) is 2.94. The Balaban J connectivity index is 3.15. The van der Waals surface area contributed by atoms with Gasteiger partial charge in [-0.15, -0.1) is 0 Å². The molecule has 0 radical (unpaired) electrons. The molecule has 2 nitrogen and oxygen atoms in total. The Kier molecular flexibility index (Phi) is 3.34. The number of benzene rings is 1. The fraction of sp³-hybridized carbons (Fsp3) is 0.300. The van der Waals surface area contributed by atoms with Crippen LogP contribution in [0.4, 0.5) is 13.2 Å². The van der Waals surface area contributed by atoms with E-state index in [9.17, 15) is 18.0 Å². The summed E-state index contributed by atoms with van der Waals surface area (Å²) in [4.78, 5) is 11.0. The van der Waals surface area contributed by atoms with Crippen LogP contribution in [0.2, 0.25) is 0 Å². The van der Waals surface area contributed by atoms with Crippen LogP contribution in [-0.4, -0.2) is 12.4 Å². The lowest BCUT2D eigenvalue weighted by Gasteiger charge is -2.09. The van der Waals surface area contributed by atoms with Crippen molar-refractivity contribution in [3.05, 3.63) is 29.1 Å². The van der Waals surface area contributed by atoms with Crippen molar-refractivity contribution >= 4 is 5.78 Å². The van der Waals surface area contributed by atoms with E-state index < -0.39 is 18.2 Å². The van der Waals surface area contributed by atoms with Gasteiger partial charge in [-0.05, 0) is 31.5 Å². The minimum atomic E-state index is -3.08. The fourth-order valence-corrected chi connectivity index (χ4v) is 1.23. The molecule has 0 amide bonds. The zero-order chi connectivity index (χ0) is 11.6. The van der Waals surface area contributed by atoms with Crippen LogP contribution >= 0.6 is 0 Å². The zero-order valence-electron chi connectivity index (χ0n) is 8.18. The summed E-state index contributed by atoms with van der Waals surface area (Å²) in [7, 11) is 0. The maximum atomic E-state index is 13.4. The number of hydrogen-bond donors (Lipinski definition) is 0. The molecule has 15 heavy (non-hydrogen) atoms. The second kappa shape index (κ2) is 4.33. The molecular formula is C10H9F3O2. The van der Waals surface area contributed by atoms with Gasteiger partial charge in [0.25, 0.3) is 0 Å². The van der Waals surface area contributed by atoms with Crippen LogP contribution in [0.5, 0.6) is 5.75 Å². The second-order valence-corrected chi connectivity index (χ2v) is 2.98. The number of Topliss-reactive ketones (excluding diaryl/α,β-unsaturated/α-hetero) is 1. The minimum Gasteiger partial charge on any atom is -0.432 e. The zero-order valence-corrected chi connectivity index (χ0v) is 8.18. The Hall–Kier alpha value is -1.52. The van der Waals surface area contributed by atoms with Gasteiger partial charge in [0, 0.05) is 5.56 Å². The number of hydrogen-bond acceptors (Lipinski definition) is 2. The molecule has 5 heteroatoms. The number of ketones is 1. The summed E-state index contributed by atoms with van der Waals surface area (Å²) in [5.41, 5.74) is 0.176. The summed E-state index contributed by atoms with van der Waals surface area (Å²) in [5, 5.41) is 0. The van der Waals surface area contributed by atoms with Gasteiger partial charge in [0.2, 0.25) is 0 Å². The maximum Gasteiger partial charge on any atom is 0.387 e. The molecule has 0 heterocycles. The molecule has 0 bridgehead atoms. The molecule has 0 aromatic heterocycles. The molecule has 0 saturated heterocycles. The molecule has 0 spiro atoms. The number of alkyl halides is 2. The highest BCUT2D eigenvalue weighted by Crippen LogP contribution is 2.24. The van der Waals surface area contributed by atoms with Gasteiger partial charge < -0.3 is 4.74 Å². The summed E-state index contributed by atoms with van der Waals surface area (Å²) in [6.07, 6.45) is 0. The molecule has 0 aliphatic carbocycles. The molecule has 1 rings (SSSR count). The molecule has 0 fully saturated rings. The standard InChI is InChI=1S/C10H9F3O2/c1-5-7(6(2)14)3-4-8(9(5)11)15-10(12)13/h3-4,10H,1-2H3. The predicted molar refractivity (Wildman–Crippen MR) is 47.8 cm³/mol. The molecule has 0 N–H and O–H groups in total. The Morgan fingerprint density at radius 2 is 2.00 bits per heavy atom. The summed E-state index contributed by atoms with van der Waals surface area (Å²) < 4.78 is 41.0. The van der Waals surface area contributed by atoms with Gasteiger partial charge in [-0.25, -0.2) is 4.39 Å². The van der Waals surface area contributed by atoms with E-state index in [0.29, 0.717) is 0 Å². The monoisotopic (exact) mass is 218 g/mol. The Morgan fingerprint density at radius 3 is 2.47 bits per heavy atom. The third-order valence-corrected chi connectivity index (χ3v) is 1.95. The first-order valence-electron chi connectivity index (χ1n) is 4.18. The van der Waals surface area contributed by atoms with Gasteiger partial charge >= 0.3 is 6.61 Å². The van der Waals surface area contributed by atoms with Gasteiger partial charge in [0.15, 0.2) is 17.3 Å². The topological polar surface area (TPSA) is 26.3 Å². The van der Waals surface area contributed by atoms with Crippen molar-refractivity contribution in [3.8, 4) is 5.75 Å². The van der Waals surface area contributed by atoms with Crippen LogP contribution in [0.15, 0.2) is 12.1 Å². The van der Waals surface area contributed by atoms with Crippen molar-refractivity contribution in [1.82, 2.24) is 0 Å². The maximum absolute atomic E-state index is 13.4. The molecule has 0 aliphatic heterocycles. The SMILES string of the molecule is CC(=O)c1ccc(OC(F)F)c(F)c1C. The van der Waals surface area contributed by atoms with E-state index in [2.05, 4.69) is 4.74 Å². The summed E-state index contributed by atoms with van der Waals surface area (Å²) >= 11 is 0. The van der Waals surface area contributed by atoms with Crippen molar-refractivity contribution in [1.29, 1.82) is 0 Å². The van der Waals surface area contributed by atoms with E-state index in [1.54, 1.807) is 0 Å². The first-order chi connectivity index (χ1) is 6.93. The van der Waals surface area contributed by atoms with Gasteiger partial charge in [0.05, 0.1) is 0 Å². The van der Waals surface area contributed by atoms with Crippen molar-refractivity contribution in [3.63, 3.8) is 0 Å². The Bertz CT molecular complexity index is 388. The molecule has 0 atom stereocenters. The van der Waals surface area contributed by atoms with Crippen LogP contribution < -0.4 is 4.74 Å². The normalized spacial score (nSPS) is 10.5. The van der Waals surface area contributed by atoms with Crippen molar-refractivity contribution in [2.24, 2.45) is 0 Å². The largest absolute Gasteiger partial charge is 0.432 e. The van der Waals surface area contributed by atoms with Crippen LogP contribution in [-0.2, 0) is 0 Å². The average molecular weight is 218 g/mol. The third kappa shape index (κ3) is 2.49. The first kappa shape index (κ1) is 11.6. The van der Waals surface area contributed by atoms with Crippen LogP contribution in [0.3, 0.4) is 0 Å². The number of carbonyl (C=O) groups is 1. The molecule has 0 saturated carbocycles. The van der Waals surface area contributed by atoms with Gasteiger partial charge in [-0.1, -0.05) is 0 Å². The minimum absolute atomic E-state index is 0.0145. The lowest BCUT2D eigenvalue weighted by Crippen LogP contribution is -2.06. The van der Waals surface area contributed by atoms with Crippen LogP contribution in [0.25, 0.3) is 0 Å². The second-order valence-electron chi connectivity index (χ2n) is 2.98. The Morgan fingerprint density at radius 1 is 1.40 bits per heavy atom. The lowest BCUT2D eigenvalue weighted by molar-refractivity contribution is -0.0522. The molecule has 0 unspecified atom stereocenters. The summed E-state index contributed by atoms with van der Waals surface area (Å²) in [5.74, 6) is -1.80. The summed E-state index contributed by atoms with van der Waals surface area (Å²) in [6.45, 7) is -0.470. The van der Waals surface area contributed by atoms with Crippen molar-refractivity contribution in [2.45, 2.75) is 20.5 Å². The molecule has 0 aliphatic rings. The van der Waals surface area contributed by atoms with E-state index in [0.717, 1.165) is 6.07 Å². The van der Waals surface area contributed by atoms with Crippen molar-refractivity contribution in [2.75, 3.05) is 0 Å². The highest BCUT2D eigenvalue weighted by atomic mass is 19.3. The van der Waals surface area contributed by atoms with E-state index in [4.69, 9.17) is 0 Å². The number of halogens is 3. The van der Waals surface area contributed by atoms with E-state index in [1.807, 2.05) is 0 Å². The molecule has 1 aromatic carbocycles. The fourth-order valence-electron chi connectivity index (χ4n) is 1.23. The van der Waals surface area contributed by atoms with E-state index >= 15 is 0 Å². The number of carbonyl (C=O) groups excluding carboxylic acids is 1. The number of rotatable bonds is 3. The van der Waals surface area contributed by atoms with Gasteiger partial charge in [-0.3, -0.25) is 4.79 Å². The number of ether oxygens (including phenoxy) is 1. The van der Waals surface area contributed by atoms with Gasteiger partial charge in [-0.2, -0.15) is 8.78 Å². The van der Waals surface area contributed by atoms with Crippen LogP contribution in [0, 0.1) is 12.7 Å². The molecule has 82 valence electrons. The van der Waals surface area contributed by atoms with Gasteiger partial charge in [0.1, 0.15) is 0 Å². The van der Waals surface area contributed by atoms with E-state index in [-0.39, 0.29) is 16.9 Å². The van der Waals surface area contributed by atoms with Crippen LogP contribution in [0.1, 0.15) is 22.8 Å². The average Bonchev–Trinajstić information content (AvgIpc) is 2.12. The highest BCUT2D eigenvalue weighted by Gasteiger charge is 2.15. The quantitative estimate of drug-likeness (QED) is 0.729.